The molecule has 88 valence electrons. The Morgan fingerprint density at radius 1 is 1.44 bits per heavy atom. The molecule has 1 saturated heterocycles. The number of hydrogen-bond acceptors (Lipinski definition) is 3. The number of nitrogens with zero attached hydrogens (tertiary/aromatic N) is 1. The third-order valence-electron chi connectivity index (χ3n) is 2.94. The summed E-state index contributed by atoms with van der Waals surface area (Å²) < 4.78 is 5.71. The Bertz CT molecular complexity index is 363. The largest absolute Gasteiger partial charge is 0.372 e. The lowest BCUT2D eigenvalue weighted by atomic mass is 10.1. The molecule has 0 radical (unpaired) electrons. The number of rotatable bonds is 2. The van der Waals surface area contributed by atoms with Crippen LogP contribution >= 0.6 is 0 Å². The Morgan fingerprint density at radius 2 is 2.25 bits per heavy atom. The van der Waals surface area contributed by atoms with Crippen molar-refractivity contribution in [2.24, 2.45) is 5.73 Å². The lowest BCUT2D eigenvalue weighted by Crippen LogP contribution is -2.48. The summed E-state index contributed by atoms with van der Waals surface area (Å²) >= 11 is 0. The predicted octanol–water partition coefficient (Wildman–Crippen LogP) is 1.76. The Hall–Kier alpha value is -1.06. The van der Waals surface area contributed by atoms with Crippen LogP contribution in [0.2, 0.25) is 0 Å². The van der Waals surface area contributed by atoms with Crippen LogP contribution in [0.1, 0.15) is 19.4 Å². The van der Waals surface area contributed by atoms with Gasteiger partial charge in [0, 0.05) is 25.3 Å². The second kappa shape index (κ2) is 4.44. The lowest BCUT2D eigenvalue weighted by molar-refractivity contribution is -0.0276. The van der Waals surface area contributed by atoms with E-state index in [2.05, 4.69) is 43.0 Å². The van der Waals surface area contributed by atoms with Crippen molar-refractivity contribution in [2.45, 2.75) is 26.0 Å². The van der Waals surface area contributed by atoms with Crippen molar-refractivity contribution in [3.05, 3.63) is 29.8 Å². The molecular weight excluding hydrogens is 200 g/mol. The zero-order chi connectivity index (χ0) is 11.6. The zero-order valence-electron chi connectivity index (χ0n) is 10.1. The Kier molecular flexibility index (Phi) is 3.17. The molecule has 0 spiro atoms. The second-order valence-corrected chi connectivity index (χ2v) is 4.90. The molecule has 0 unspecified atom stereocenters. The van der Waals surface area contributed by atoms with E-state index in [1.165, 1.54) is 11.3 Å². The molecule has 3 nitrogen and oxygen atoms in total. The molecule has 16 heavy (non-hydrogen) atoms. The van der Waals surface area contributed by atoms with Gasteiger partial charge in [-0.15, -0.1) is 0 Å². The molecule has 0 aliphatic carbocycles. The highest BCUT2D eigenvalue weighted by Gasteiger charge is 2.27. The van der Waals surface area contributed by atoms with Crippen LogP contribution in [-0.2, 0) is 11.3 Å². The van der Waals surface area contributed by atoms with Crippen LogP contribution < -0.4 is 10.6 Å². The topological polar surface area (TPSA) is 38.5 Å². The molecule has 2 N–H and O–H groups in total. The van der Waals surface area contributed by atoms with E-state index >= 15 is 0 Å². The van der Waals surface area contributed by atoms with E-state index in [-0.39, 0.29) is 5.60 Å². The Balaban J connectivity index is 2.16. The number of morpholine rings is 1. The average molecular weight is 220 g/mol. The van der Waals surface area contributed by atoms with Gasteiger partial charge in [0.05, 0.1) is 12.2 Å². The van der Waals surface area contributed by atoms with Crippen LogP contribution in [0, 0.1) is 0 Å². The van der Waals surface area contributed by atoms with Gasteiger partial charge in [-0.05, 0) is 31.5 Å². The molecule has 1 fully saturated rings. The van der Waals surface area contributed by atoms with E-state index in [4.69, 9.17) is 10.5 Å². The highest BCUT2D eigenvalue weighted by molar-refractivity contribution is 5.49. The first-order valence-corrected chi connectivity index (χ1v) is 5.79. The third-order valence-corrected chi connectivity index (χ3v) is 2.94. The van der Waals surface area contributed by atoms with Gasteiger partial charge >= 0.3 is 0 Å². The number of benzene rings is 1. The third kappa shape index (κ3) is 2.54. The molecule has 1 heterocycles. The van der Waals surface area contributed by atoms with Gasteiger partial charge in [-0.2, -0.15) is 0 Å². The van der Waals surface area contributed by atoms with Crippen LogP contribution in [-0.4, -0.2) is 25.3 Å². The summed E-state index contributed by atoms with van der Waals surface area (Å²) in [5, 5.41) is 0. The number of ether oxygens (including phenoxy) is 1. The zero-order valence-corrected chi connectivity index (χ0v) is 10.1. The molecule has 1 aromatic carbocycles. The Labute approximate surface area is 97.2 Å². The van der Waals surface area contributed by atoms with Gasteiger partial charge in [0.1, 0.15) is 0 Å². The van der Waals surface area contributed by atoms with Crippen LogP contribution in [0.5, 0.6) is 0 Å². The molecule has 2 rings (SSSR count). The van der Waals surface area contributed by atoms with Gasteiger partial charge < -0.3 is 15.4 Å². The first kappa shape index (κ1) is 11.4. The minimum absolute atomic E-state index is 0.0586. The van der Waals surface area contributed by atoms with Gasteiger partial charge in [0.2, 0.25) is 0 Å². The van der Waals surface area contributed by atoms with Crippen molar-refractivity contribution in [1.29, 1.82) is 0 Å². The monoisotopic (exact) mass is 220 g/mol. The van der Waals surface area contributed by atoms with Crippen molar-refractivity contribution in [2.75, 3.05) is 24.6 Å². The first-order valence-electron chi connectivity index (χ1n) is 5.79. The Morgan fingerprint density at radius 3 is 2.94 bits per heavy atom. The minimum Gasteiger partial charge on any atom is -0.372 e. The van der Waals surface area contributed by atoms with Gasteiger partial charge in [0.15, 0.2) is 0 Å². The fraction of sp³-hybridized carbons (Fsp3) is 0.538. The quantitative estimate of drug-likeness (QED) is 0.825. The van der Waals surface area contributed by atoms with Gasteiger partial charge in [-0.3, -0.25) is 0 Å². The fourth-order valence-electron chi connectivity index (χ4n) is 2.12. The number of nitrogens with two attached hydrogens (primary N) is 1. The van der Waals surface area contributed by atoms with E-state index in [1.54, 1.807) is 0 Å². The first-order chi connectivity index (χ1) is 7.61. The lowest BCUT2D eigenvalue weighted by Gasteiger charge is -2.39. The van der Waals surface area contributed by atoms with Crippen LogP contribution in [0.3, 0.4) is 0 Å². The maximum absolute atomic E-state index is 5.71. The summed E-state index contributed by atoms with van der Waals surface area (Å²) in [6.45, 7) is 7.54. The van der Waals surface area contributed by atoms with E-state index in [1.807, 2.05) is 0 Å². The van der Waals surface area contributed by atoms with Gasteiger partial charge in [-0.25, -0.2) is 0 Å². The van der Waals surface area contributed by atoms with Crippen LogP contribution in [0.15, 0.2) is 24.3 Å². The maximum atomic E-state index is 5.71. The SMILES string of the molecule is CC1(C)CN(c2cccc(CN)c2)CCO1. The highest BCUT2D eigenvalue weighted by atomic mass is 16.5. The maximum Gasteiger partial charge on any atom is 0.0801 e. The molecule has 0 bridgehead atoms. The highest BCUT2D eigenvalue weighted by Crippen LogP contribution is 2.23. The van der Waals surface area contributed by atoms with E-state index in [9.17, 15) is 0 Å². The standard InChI is InChI=1S/C13H20N2O/c1-13(2)10-15(6-7-16-13)12-5-3-4-11(8-12)9-14/h3-5,8H,6-7,9-10,14H2,1-2H3. The number of hydrogen-bond donors (Lipinski definition) is 1. The van der Waals surface area contributed by atoms with Gasteiger partial charge in [-0.1, -0.05) is 12.1 Å². The summed E-state index contributed by atoms with van der Waals surface area (Å²) in [7, 11) is 0. The second-order valence-electron chi connectivity index (χ2n) is 4.90. The van der Waals surface area contributed by atoms with Crippen molar-refractivity contribution in [3.8, 4) is 0 Å². The van der Waals surface area contributed by atoms with Gasteiger partial charge in [0.25, 0.3) is 0 Å². The van der Waals surface area contributed by atoms with E-state index in [0.29, 0.717) is 6.54 Å². The smallest absolute Gasteiger partial charge is 0.0801 e. The molecule has 0 saturated carbocycles. The summed E-state index contributed by atoms with van der Waals surface area (Å²) in [6.07, 6.45) is 0. The normalized spacial score (nSPS) is 19.8. The predicted molar refractivity (Wildman–Crippen MR) is 66.6 cm³/mol. The van der Waals surface area contributed by atoms with E-state index < -0.39 is 0 Å². The summed E-state index contributed by atoms with van der Waals surface area (Å²) in [6, 6.07) is 8.44. The molecule has 1 aromatic rings. The van der Waals surface area contributed by atoms with Crippen molar-refractivity contribution in [1.82, 2.24) is 0 Å². The fourth-order valence-corrected chi connectivity index (χ4v) is 2.12. The molecule has 1 aliphatic rings. The van der Waals surface area contributed by atoms with Crippen molar-refractivity contribution >= 4 is 5.69 Å². The summed E-state index contributed by atoms with van der Waals surface area (Å²) in [5.41, 5.74) is 8.03. The molecule has 3 heteroatoms. The molecule has 0 amide bonds. The van der Waals surface area contributed by atoms with Crippen LogP contribution in [0.25, 0.3) is 0 Å². The number of anilines is 1. The van der Waals surface area contributed by atoms with Crippen molar-refractivity contribution in [3.63, 3.8) is 0 Å². The molecule has 0 aromatic heterocycles. The van der Waals surface area contributed by atoms with Crippen molar-refractivity contribution < 1.29 is 4.74 Å². The minimum atomic E-state index is -0.0586. The summed E-state index contributed by atoms with van der Waals surface area (Å²) in [4.78, 5) is 2.36. The molecular formula is C13H20N2O. The average Bonchev–Trinajstić information content (AvgIpc) is 2.28. The van der Waals surface area contributed by atoms with Crippen LogP contribution in [0.4, 0.5) is 5.69 Å². The molecule has 1 aliphatic heterocycles. The molecule has 0 atom stereocenters. The summed E-state index contributed by atoms with van der Waals surface area (Å²) in [5.74, 6) is 0. The van der Waals surface area contributed by atoms with E-state index in [0.717, 1.165) is 19.7 Å².